The summed E-state index contributed by atoms with van der Waals surface area (Å²) in [7, 11) is 0. The first-order valence-electron chi connectivity index (χ1n) is 0.289. The van der Waals surface area contributed by atoms with Crippen LogP contribution in [0.2, 0.25) is 0 Å². The van der Waals surface area contributed by atoms with Crippen molar-refractivity contribution in [2.45, 2.75) is 0 Å². The zero-order chi connectivity index (χ0) is 2.00. The van der Waals surface area contributed by atoms with E-state index in [1.165, 1.54) is 0 Å². The van der Waals surface area contributed by atoms with E-state index >= 15 is 0 Å². The van der Waals surface area contributed by atoms with Crippen LogP contribution in [0.15, 0.2) is 0 Å². The zero-order valence-electron chi connectivity index (χ0n) is 1.62. The van der Waals surface area contributed by atoms with Crippen LogP contribution in [-0.4, -0.2) is 25.8 Å². The van der Waals surface area contributed by atoms with Gasteiger partial charge in [0.1, 0.15) is 0 Å². The molecule has 4 heavy (non-hydrogen) atoms. The molecule has 0 aromatic rings. The van der Waals surface area contributed by atoms with Crippen LogP contribution in [0.4, 0.5) is 0 Å². The molecule has 0 saturated carbocycles. The van der Waals surface area contributed by atoms with Crippen molar-refractivity contribution in [2.24, 2.45) is 0 Å². The first kappa shape index (κ1) is 15.9. The second-order valence-electron chi connectivity index (χ2n) is 0. The van der Waals surface area contributed by atoms with E-state index in [-0.39, 0.29) is 84.9 Å². The van der Waals surface area contributed by atoms with Crippen molar-refractivity contribution in [3.05, 3.63) is 0 Å². The Morgan fingerprint density at radius 2 is 1.25 bits per heavy atom. The van der Waals surface area contributed by atoms with Crippen LogP contribution in [0.3, 0.4) is 0 Å². The average molecular weight is 343 g/mol. The first-order chi connectivity index (χ1) is 1.00. The predicted molar refractivity (Wildman–Crippen MR) is 10.6 cm³/mol. The summed E-state index contributed by atoms with van der Waals surface area (Å²) in [6.07, 6.45) is 0. The normalized spacial score (nSPS) is 1.50. The molecule has 0 aliphatic heterocycles. The van der Waals surface area contributed by atoms with Gasteiger partial charge in [0, 0.05) is 40.8 Å². The van der Waals surface area contributed by atoms with Gasteiger partial charge in [-0.3, -0.25) is 0 Å². The molecule has 0 heterocycles. The van der Waals surface area contributed by atoms with Crippen molar-refractivity contribution in [3.63, 3.8) is 0 Å². The fraction of sp³-hybridized carbons (Fsp3) is 0. The van der Waals surface area contributed by atoms with Gasteiger partial charge in [0.05, 0.1) is 0 Å². The molecule has 4 heteroatoms. The van der Waals surface area contributed by atoms with E-state index in [4.69, 9.17) is 3.57 Å². The molecule has 0 aromatic heterocycles. The molecule has 0 N–H and O–H groups in total. The maximum atomic E-state index is 8.38. The monoisotopic (exact) mass is 340 g/mol. The maximum absolute atomic E-state index is 8.38. The molecule has 0 saturated heterocycles. The van der Waals surface area contributed by atoms with Gasteiger partial charge in [0.2, 0.25) is 0 Å². The van der Waals surface area contributed by atoms with Crippen molar-refractivity contribution in [3.8, 4) is 0 Å². The Kier molecular flexibility index (Phi) is 69.4. The molecular formula is H3InNdOZn. The Morgan fingerprint density at radius 1 is 1.25 bits per heavy atom. The zero-order valence-corrected chi connectivity index (χ0v) is 7.79. The van der Waals surface area contributed by atoms with E-state index < -0.39 is 0 Å². The summed E-state index contributed by atoms with van der Waals surface area (Å²) in [5.74, 6) is 0. The third kappa shape index (κ3) is 8.82. The fourth-order valence-corrected chi connectivity index (χ4v) is 0. The third-order valence-electron chi connectivity index (χ3n) is 0. The SMILES string of the molecule is [InH3].[Nd].[O]=[Zn]. The summed E-state index contributed by atoms with van der Waals surface area (Å²) in [5, 5.41) is 0. The van der Waals surface area contributed by atoms with Crippen LogP contribution in [0, 0.1) is 40.8 Å². The van der Waals surface area contributed by atoms with Crippen LogP contribution < -0.4 is 0 Å². The summed E-state index contributed by atoms with van der Waals surface area (Å²) in [5.41, 5.74) is 0. The Balaban J connectivity index is -0.00000000500. The molecule has 0 bridgehead atoms. The minimum atomic E-state index is 0. The molecule has 0 unspecified atom stereocenters. The van der Waals surface area contributed by atoms with Crippen molar-refractivity contribution in [1.82, 2.24) is 0 Å². The average Bonchev–Trinajstić information content (AvgIpc) is 1.00. The second-order valence-corrected chi connectivity index (χ2v) is 0. The van der Waals surface area contributed by atoms with E-state index in [0.717, 1.165) is 0 Å². The summed E-state index contributed by atoms with van der Waals surface area (Å²) < 4.78 is 8.38. The van der Waals surface area contributed by atoms with Crippen molar-refractivity contribution in [2.75, 3.05) is 0 Å². The van der Waals surface area contributed by atoms with Crippen LogP contribution in [-0.2, 0) is 21.8 Å². The fourth-order valence-electron chi connectivity index (χ4n) is 0. The molecule has 0 atom stereocenters. The summed E-state index contributed by atoms with van der Waals surface area (Å²) >= 11 is 0.125. The topological polar surface area (TPSA) is 17.1 Å². The quantitative estimate of drug-likeness (QED) is 0.500. The number of rotatable bonds is 0. The molecule has 0 fully saturated rings. The van der Waals surface area contributed by atoms with E-state index in [1.807, 2.05) is 0 Å². The van der Waals surface area contributed by atoms with Gasteiger partial charge in [0.15, 0.2) is 0 Å². The standard InChI is InChI=1S/In.Nd.O.Zn.3H. The molecule has 1 nitrogen and oxygen atoms in total. The Morgan fingerprint density at radius 3 is 1.25 bits per heavy atom. The summed E-state index contributed by atoms with van der Waals surface area (Å²) in [6, 6.07) is 0. The van der Waals surface area contributed by atoms with Gasteiger partial charge >= 0.3 is 47.7 Å². The van der Waals surface area contributed by atoms with Gasteiger partial charge in [-0.25, -0.2) is 0 Å². The second kappa shape index (κ2) is 17.4. The van der Waals surface area contributed by atoms with Crippen molar-refractivity contribution in [1.29, 1.82) is 0 Å². The van der Waals surface area contributed by atoms with Crippen LogP contribution in [0.25, 0.3) is 0 Å². The van der Waals surface area contributed by atoms with Crippen molar-refractivity contribution < 1.29 is 62.7 Å². The Hall–Kier alpha value is 2.64. The van der Waals surface area contributed by atoms with E-state index in [2.05, 4.69) is 0 Å². The summed E-state index contributed by atoms with van der Waals surface area (Å²) in [6.45, 7) is 0. The van der Waals surface area contributed by atoms with Gasteiger partial charge in [-0.05, 0) is 0 Å². The van der Waals surface area contributed by atoms with E-state index in [0.29, 0.717) is 0 Å². The van der Waals surface area contributed by atoms with Gasteiger partial charge in [0.25, 0.3) is 0 Å². The number of hydrogen-bond acceptors (Lipinski definition) is 1. The van der Waals surface area contributed by atoms with Gasteiger partial charge in [-0.2, -0.15) is 0 Å². The molecule has 18 valence electrons. The van der Waals surface area contributed by atoms with Gasteiger partial charge < -0.3 is 0 Å². The van der Waals surface area contributed by atoms with E-state index in [9.17, 15) is 0 Å². The van der Waals surface area contributed by atoms with Crippen LogP contribution in [0.1, 0.15) is 0 Å². The first-order valence-corrected chi connectivity index (χ1v) is 1.50. The number of hydrogen-bond donors (Lipinski definition) is 0. The van der Waals surface area contributed by atoms with Crippen molar-refractivity contribution >= 4 is 25.8 Å². The van der Waals surface area contributed by atoms with E-state index in [1.54, 1.807) is 0 Å². The predicted octanol–water partition coefficient (Wildman–Crippen LogP) is -1.31. The molecule has 0 aromatic carbocycles. The minimum absolute atomic E-state index is 0. The van der Waals surface area contributed by atoms with Crippen LogP contribution >= 0.6 is 0 Å². The molecular weight excluding hydrogens is 340 g/mol. The molecule has 0 rings (SSSR count). The molecule has 0 radical (unpaired) electrons. The molecule has 0 amide bonds. The Labute approximate surface area is 86.5 Å². The van der Waals surface area contributed by atoms with Gasteiger partial charge in [-0.1, -0.05) is 0 Å². The van der Waals surface area contributed by atoms with Gasteiger partial charge in [-0.15, -0.1) is 0 Å². The molecule has 0 aliphatic rings. The third-order valence-corrected chi connectivity index (χ3v) is 0. The molecule has 0 spiro atoms. The Bertz CT molecular complexity index is 8.00. The summed E-state index contributed by atoms with van der Waals surface area (Å²) in [4.78, 5) is 0. The van der Waals surface area contributed by atoms with Crippen LogP contribution in [0.5, 0.6) is 0 Å². The molecule has 0 aliphatic carbocycles.